The van der Waals surface area contributed by atoms with Crippen molar-refractivity contribution in [3.8, 4) is 0 Å². The summed E-state index contributed by atoms with van der Waals surface area (Å²) in [5.74, 6) is 0.448. The molecule has 1 aliphatic heterocycles. The molecule has 0 aliphatic carbocycles. The number of ether oxygens (including phenoxy) is 1. The largest absolute Gasteiger partial charge is 0.461 e. The van der Waals surface area contributed by atoms with Gasteiger partial charge in [-0.25, -0.2) is 14.8 Å². The topological polar surface area (TPSA) is 68.2 Å². The number of esters is 1. The molecule has 1 aliphatic rings. The number of aromatic nitrogens is 3. The van der Waals surface area contributed by atoms with Crippen molar-refractivity contribution in [2.45, 2.75) is 32.7 Å². The van der Waals surface area contributed by atoms with Crippen LogP contribution in [0.25, 0.3) is 0 Å². The molecule has 2 aromatic rings. The van der Waals surface area contributed by atoms with Crippen LogP contribution < -0.4 is 4.90 Å². The van der Waals surface area contributed by atoms with E-state index >= 15 is 0 Å². The van der Waals surface area contributed by atoms with Crippen LogP contribution in [0.5, 0.6) is 0 Å². The van der Waals surface area contributed by atoms with Gasteiger partial charge in [0.25, 0.3) is 0 Å². The zero-order chi connectivity index (χ0) is 14.8. The average Bonchev–Trinajstić information content (AvgIpc) is 3.17. The molecule has 1 unspecified atom stereocenters. The Morgan fingerprint density at radius 2 is 2.38 bits per heavy atom. The molecule has 0 bridgehead atoms. The van der Waals surface area contributed by atoms with Gasteiger partial charge in [0.05, 0.1) is 12.6 Å². The Morgan fingerprint density at radius 1 is 1.52 bits per heavy atom. The highest BCUT2D eigenvalue weighted by atomic mass is 32.1. The first kappa shape index (κ1) is 14.4. The molecule has 21 heavy (non-hydrogen) atoms. The maximum Gasteiger partial charge on any atom is 0.357 e. The summed E-state index contributed by atoms with van der Waals surface area (Å²) in [5, 5.41) is 3.65. The molecule has 0 radical (unpaired) electrons. The zero-order valence-electron chi connectivity index (χ0n) is 11.9. The predicted molar refractivity (Wildman–Crippen MR) is 82.0 cm³/mol. The first-order chi connectivity index (χ1) is 10.2. The minimum Gasteiger partial charge on any atom is -0.461 e. The van der Waals surface area contributed by atoms with E-state index in [9.17, 15) is 4.79 Å². The lowest BCUT2D eigenvalue weighted by Crippen LogP contribution is -2.22. The second kappa shape index (κ2) is 6.07. The summed E-state index contributed by atoms with van der Waals surface area (Å²) in [6.07, 6.45) is 2.12. The number of hydrogen-bond donors (Lipinski definition) is 0. The van der Waals surface area contributed by atoms with Crippen LogP contribution in [0.3, 0.4) is 0 Å². The maximum atomic E-state index is 11.7. The van der Waals surface area contributed by atoms with Gasteiger partial charge in [-0.3, -0.25) is 0 Å². The van der Waals surface area contributed by atoms with Crippen LogP contribution in [0, 0.1) is 6.92 Å². The number of rotatable bonds is 4. The van der Waals surface area contributed by atoms with Crippen LogP contribution in [0.1, 0.15) is 47.1 Å². The van der Waals surface area contributed by atoms with Crippen molar-refractivity contribution < 1.29 is 9.53 Å². The predicted octanol–water partition coefficient (Wildman–Crippen LogP) is 2.82. The lowest BCUT2D eigenvalue weighted by atomic mass is 10.2. The van der Waals surface area contributed by atoms with Crippen molar-refractivity contribution >= 4 is 34.0 Å². The van der Waals surface area contributed by atoms with E-state index in [-0.39, 0.29) is 12.0 Å². The monoisotopic (exact) mass is 324 g/mol. The molecular formula is C13H16N4O2S2. The highest BCUT2D eigenvalue weighted by molar-refractivity contribution is 7.10. The quantitative estimate of drug-likeness (QED) is 0.806. The van der Waals surface area contributed by atoms with Crippen molar-refractivity contribution in [3.05, 3.63) is 21.9 Å². The SMILES string of the molecule is CCOC(=O)c1csc(C2CCCN2c2nc(C)ns2)n1. The normalized spacial score (nSPS) is 18.2. The molecular weight excluding hydrogens is 308 g/mol. The number of carbonyl (C=O) groups excluding carboxylic acids is 1. The molecule has 1 atom stereocenters. The lowest BCUT2D eigenvalue weighted by molar-refractivity contribution is 0.0520. The van der Waals surface area contributed by atoms with Gasteiger partial charge in [0.1, 0.15) is 10.8 Å². The summed E-state index contributed by atoms with van der Waals surface area (Å²) in [6.45, 7) is 5.01. The molecule has 8 heteroatoms. The second-order valence-electron chi connectivity index (χ2n) is 4.77. The van der Waals surface area contributed by atoms with Crippen LogP contribution in [0.2, 0.25) is 0 Å². The van der Waals surface area contributed by atoms with Crippen LogP contribution in [-0.4, -0.2) is 33.5 Å². The standard InChI is InChI=1S/C13H16N4O2S2/c1-3-19-12(18)9-7-20-11(15-9)10-5-4-6-17(10)13-14-8(2)16-21-13/h7,10H,3-6H2,1-2H3. The van der Waals surface area contributed by atoms with Crippen LogP contribution in [-0.2, 0) is 4.74 Å². The maximum absolute atomic E-state index is 11.7. The summed E-state index contributed by atoms with van der Waals surface area (Å²) < 4.78 is 9.23. The van der Waals surface area contributed by atoms with Crippen molar-refractivity contribution in [1.29, 1.82) is 0 Å². The number of aryl methyl sites for hydroxylation is 1. The van der Waals surface area contributed by atoms with Gasteiger partial charge in [0.2, 0.25) is 5.13 Å². The van der Waals surface area contributed by atoms with Gasteiger partial charge >= 0.3 is 5.97 Å². The van der Waals surface area contributed by atoms with Gasteiger partial charge in [-0.1, -0.05) is 0 Å². The number of hydrogen-bond acceptors (Lipinski definition) is 8. The Balaban J connectivity index is 1.81. The van der Waals surface area contributed by atoms with Crippen molar-refractivity contribution in [2.75, 3.05) is 18.1 Å². The van der Waals surface area contributed by atoms with Crippen LogP contribution in [0.4, 0.5) is 5.13 Å². The molecule has 1 saturated heterocycles. The number of thiazole rings is 1. The van der Waals surface area contributed by atoms with Gasteiger partial charge in [-0.15, -0.1) is 11.3 Å². The number of anilines is 1. The summed E-state index contributed by atoms with van der Waals surface area (Å²) in [6, 6.07) is 0.186. The lowest BCUT2D eigenvalue weighted by Gasteiger charge is -2.21. The molecule has 0 spiro atoms. The van der Waals surface area contributed by atoms with Crippen LogP contribution in [0.15, 0.2) is 5.38 Å². The van der Waals surface area contributed by atoms with Gasteiger partial charge in [-0.2, -0.15) is 4.37 Å². The van der Waals surface area contributed by atoms with E-state index in [0.29, 0.717) is 12.3 Å². The van der Waals surface area contributed by atoms with Crippen LogP contribution >= 0.6 is 22.9 Å². The van der Waals surface area contributed by atoms with Crippen molar-refractivity contribution in [1.82, 2.24) is 14.3 Å². The molecule has 1 fully saturated rings. The molecule has 3 rings (SSSR count). The third kappa shape index (κ3) is 2.91. The fraction of sp³-hybridized carbons (Fsp3) is 0.538. The summed E-state index contributed by atoms with van der Waals surface area (Å²) in [7, 11) is 0. The fourth-order valence-electron chi connectivity index (χ4n) is 2.39. The Kier molecular flexibility index (Phi) is 4.16. The molecule has 3 heterocycles. The van der Waals surface area contributed by atoms with E-state index in [1.54, 1.807) is 12.3 Å². The Morgan fingerprint density at radius 3 is 3.10 bits per heavy atom. The Hall–Kier alpha value is -1.54. The Bertz CT molecular complexity index is 640. The van der Waals surface area contributed by atoms with Gasteiger partial charge < -0.3 is 9.64 Å². The number of carbonyl (C=O) groups is 1. The minimum atomic E-state index is -0.351. The molecule has 2 aromatic heterocycles. The first-order valence-corrected chi connectivity index (χ1v) is 8.54. The molecule has 0 saturated carbocycles. The first-order valence-electron chi connectivity index (χ1n) is 6.88. The third-order valence-corrected chi connectivity index (χ3v) is 5.10. The molecule has 6 nitrogen and oxygen atoms in total. The van der Waals surface area contributed by atoms with E-state index in [1.165, 1.54) is 22.9 Å². The molecule has 0 amide bonds. The summed E-state index contributed by atoms with van der Waals surface area (Å²) in [5.41, 5.74) is 0.400. The van der Waals surface area contributed by atoms with E-state index < -0.39 is 0 Å². The van der Waals surface area contributed by atoms with Gasteiger partial charge in [0, 0.05) is 23.5 Å². The Labute approximate surface area is 131 Å². The smallest absolute Gasteiger partial charge is 0.357 e. The van der Waals surface area contributed by atoms with Crippen molar-refractivity contribution in [2.24, 2.45) is 0 Å². The molecule has 112 valence electrons. The average molecular weight is 324 g/mol. The van der Waals surface area contributed by atoms with E-state index in [4.69, 9.17) is 4.74 Å². The zero-order valence-corrected chi connectivity index (χ0v) is 13.5. The van der Waals surface area contributed by atoms with E-state index in [2.05, 4.69) is 19.2 Å². The second-order valence-corrected chi connectivity index (χ2v) is 6.39. The van der Waals surface area contributed by atoms with E-state index in [1.807, 2.05) is 6.92 Å². The number of nitrogens with zero attached hydrogens (tertiary/aromatic N) is 4. The van der Waals surface area contributed by atoms with Gasteiger partial charge in [0.15, 0.2) is 5.69 Å². The molecule has 0 aromatic carbocycles. The fourth-order valence-corrected chi connectivity index (χ4v) is 4.08. The van der Waals surface area contributed by atoms with Crippen molar-refractivity contribution in [3.63, 3.8) is 0 Å². The third-order valence-electron chi connectivity index (χ3n) is 3.31. The van der Waals surface area contributed by atoms with Gasteiger partial charge in [-0.05, 0) is 26.7 Å². The summed E-state index contributed by atoms with van der Waals surface area (Å²) >= 11 is 2.93. The highest BCUT2D eigenvalue weighted by Gasteiger charge is 2.31. The molecule has 0 N–H and O–H groups in total. The minimum absolute atomic E-state index is 0.186. The highest BCUT2D eigenvalue weighted by Crippen LogP contribution is 2.37. The van der Waals surface area contributed by atoms with E-state index in [0.717, 1.165) is 35.3 Å². The summed E-state index contributed by atoms with van der Waals surface area (Å²) in [4.78, 5) is 22.9.